The number of hydrogen-bond donors (Lipinski definition) is 3. The summed E-state index contributed by atoms with van der Waals surface area (Å²) >= 11 is 0. The van der Waals surface area contributed by atoms with Crippen molar-refractivity contribution in [3.63, 3.8) is 0 Å². The van der Waals surface area contributed by atoms with Crippen LogP contribution >= 0.6 is 0 Å². The molecule has 0 fully saturated rings. The number of hydrogen-bond acceptors (Lipinski definition) is 9. The SMILES string of the molecule is CCNC(=O)c1ccc2oc(C(=O)C(Cc3ccccc3)NC(=O)Cn3c(-c4cccc(C)c4)ncc(NC(=O)OCc4ccccc4)c3=O)nc2c1. The fraction of sp³-hybridized carbons (Fsp3) is 0.175. The molecule has 0 aliphatic carbocycles. The predicted molar refractivity (Wildman–Crippen MR) is 197 cm³/mol. The van der Waals surface area contributed by atoms with Crippen LogP contribution in [0.2, 0.25) is 0 Å². The second kappa shape index (κ2) is 16.4. The Morgan fingerprint density at radius 3 is 2.34 bits per heavy atom. The van der Waals surface area contributed by atoms with E-state index in [2.05, 4.69) is 25.9 Å². The van der Waals surface area contributed by atoms with E-state index >= 15 is 0 Å². The molecule has 13 heteroatoms. The number of ether oxygens (including phenoxy) is 1. The molecular formula is C40H36N6O7. The Bertz CT molecular complexity index is 2340. The summed E-state index contributed by atoms with van der Waals surface area (Å²) in [6.45, 7) is 3.55. The fourth-order valence-electron chi connectivity index (χ4n) is 5.64. The van der Waals surface area contributed by atoms with Gasteiger partial charge in [-0.25, -0.2) is 14.8 Å². The number of ketones is 1. The summed E-state index contributed by atoms with van der Waals surface area (Å²) < 4.78 is 12.2. The second-order valence-corrected chi connectivity index (χ2v) is 12.2. The van der Waals surface area contributed by atoms with Crippen molar-refractivity contribution < 1.29 is 28.3 Å². The zero-order valence-electron chi connectivity index (χ0n) is 29.0. The van der Waals surface area contributed by atoms with Crippen LogP contribution in [0.1, 0.15) is 44.7 Å². The molecule has 6 aromatic rings. The molecule has 0 saturated heterocycles. The first kappa shape index (κ1) is 35.9. The van der Waals surface area contributed by atoms with Crippen molar-refractivity contribution in [2.75, 3.05) is 11.9 Å². The van der Waals surface area contributed by atoms with Crippen LogP contribution in [0.25, 0.3) is 22.5 Å². The van der Waals surface area contributed by atoms with Gasteiger partial charge in [-0.2, -0.15) is 0 Å². The van der Waals surface area contributed by atoms with Gasteiger partial charge in [0.05, 0.1) is 6.20 Å². The third-order valence-electron chi connectivity index (χ3n) is 8.21. The Hall–Kier alpha value is -6.89. The van der Waals surface area contributed by atoms with E-state index in [1.807, 2.05) is 67.6 Å². The summed E-state index contributed by atoms with van der Waals surface area (Å²) in [6.07, 6.45) is 0.419. The molecule has 1 unspecified atom stereocenters. The quantitative estimate of drug-likeness (QED) is 0.131. The van der Waals surface area contributed by atoms with E-state index in [1.165, 1.54) is 12.3 Å². The van der Waals surface area contributed by atoms with Crippen molar-refractivity contribution >= 4 is 40.5 Å². The van der Waals surface area contributed by atoms with Crippen LogP contribution in [-0.4, -0.2) is 50.8 Å². The van der Waals surface area contributed by atoms with Gasteiger partial charge in [0.1, 0.15) is 36.2 Å². The molecule has 2 heterocycles. The van der Waals surface area contributed by atoms with Gasteiger partial charge in [0.15, 0.2) is 5.58 Å². The average Bonchev–Trinajstić information content (AvgIpc) is 3.60. The molecule has 0 aliphatic heterocycles. The van der Waals surface area contributed by atoms with Crippen LogP contribution in [0, 0.1) is 6.92 Å². The lowest BCUT2D eigenvalue weighted by Crippen LogP contribution is -2.45. The van der Waals surface area contributed by atoms with Gasteiger partial charge in [0, 0.05) is 24.1 Å². The van der Waals surface area contributed by atoms with E-state index in [-0.39, 0.29) is 36.3 Å². The lowest BCUT2D eigenvalue weighted by Gasteiger charge is -2.18. The van der Waals surface area contributed by atoms with Gasteiger partial charge in [-0.3, -0.25) is 29.1 Å². The van der Waals surface area contributed by atoms with Crippen LogP contribution in [0.4, 0.5) is 10.5 Å². The Morgan fingerprint density at radius 1 is 0.887 bits per heavy atom. The molecule has 0 radical (unpaired) electrons. The maximum atomic E-state index is 14.0. The molecular weight excluding hydrogens is 676 g/mol. The number of carbonyl (C=O) groups excluding carboxylic acids is 4. The number of nitrogens with one attached hydrogen (secondary N) is 3. The van der Waals surface area contributed by atoms with Crippen molar-refractivity contribution in [1.82, 2.24) is 25.2 Å². The number of carbonyl (C=O) groups is 4. The monoisotopic (exact) mass is 712 g/mol. The van der Waals surface area contributed by atoms with Crippen molar-refractivity contribution in [1.29, 1.82) is 0 Å². The molecule has 1 atom stereocenters. The van der Waals surface area contributed by atoms with Gasteiger partial charge < -0.3 is 19.8 Å². The van der Waals surface area contributed by atoms with Crippen molar-refractivity contribution in [2.45, 2.75) is 39.5 Å². The van der Waals surface area contributed by atoms with Crippen molar-refractivity contribution in [3.8, 4) is 11.4 Å². The number of oxazole rings is 1. The molecule has 0 saturated carbocycles. The minimum atomic E-state index is -1.15. The van der Waals surface area contributed by atoms with Gasteiger partial charge in [-0.05, 0) is 49.2 Å². The molecule has 0 bridgehead atoms. The number of rotatable bonds is 13. The second-order valence-electron chi connectivity index (χ2n) is 12.2. The largest absolute Gasteiger partial charge is 0.444 e. The predicted octanol–water partition coefficient (Wildman–Crippen LogP) is 5.47. The minimum Gasteiger partial charge on any atom is -0.444 e. The van der Waals surface area contributed by atoms with E-state index < -0.39 is 35.9 Å². The number of amides is 3. The number of nitrogens with zero attached hydrogens (tertiary/aromatic N) is 3. The van der Waals surface area contributed by atoms with Gasteiger partial charge in [0.2, 0.25) is 11.7 Å². The number of anilines is 1. The van der Waals surface area contributed by atoms with E-state index in [9.17, 15) is 24.0 Å². The molecule has 3 N–H and O–H groups in total. The molecule has 6 rings (SSSR count). The maximum Gasteiger partial charge on any atom is 0.412 e. The number of fused-ring (bicyclic) bond motifs is 1. The molecule has 53 heavy (non-hydrogen) atoms. The number of Topliss-reactive ketones (excluding diaryl/α,β-unsaturated/α-hetero) is 1. The van der Waals surface area contributed by atoms with Gasteiger partial charge in [-0.1, -0.05) is 84.4 Å². The summed E-state index contributed by atoms with van der Waals surface area (Å²) in [6, 6.07) is 28.8. The van der Waals surface area contributed by atoms with Crippen molar-refractivity contribution in [3.05, 3.63) is 148 Å². The first-order valence-electron chi connectivity index (χ1n) is 16.9. The molecule has 2 aromatic heterocycles. The highest BCUT2D eigenvalue weighted by Gasteiger charge is 2.28. The van der Waals surface area contributed by atoms with E-state index in [4.69, 9.17) is 9.15 Å². The van der Waals surface area contributed by atoms with Crippen molar-refractivity contribution in [2.24, 2.45) is 0 Å². The Kier molecular flexibility index (Phi) is 11.1. The van der Waals surface area contributed by atoms with Crippen LogP contribution < -0.4 is 21.5 Å². The van der Waals surface area contributed by atoms with E-state index in [1.54, 1.807) is 43.3 Å². The molecule has 0 aliphatic rings. The molecule has 0 spiro atoms. The summed E-state index contributed by atoms with van der Waals surface area (Å²) in [5, 5.41) is 7.93. The normalized spacial score (nSPS) is 11.4. The Labute approximate surface area is 304 Å². The highest BCUT2D eigenvalue weighted by atomic mass is 16.5. The van der Waals surface area contributed by atoms with Crippen LogP contribution in [-0.2, 0) is 29.1 Å². The minimum absolute atomic E-state index is 0.0235. The molecule has 268 valence electrons. The third kappa shape index (κ3) is 8.89. The molecule has 13 nitrogen and oxygen atoms in total. The highest BCUT2D eigenvalue weighted by molar-refractivity contribution is 6.01. The summed E-state index contributed by atoms with van der Waals surface area (Å²) in [7, 11) is 0. The first-order chi connectivity index (χ1) is 25.7. The van der Waals surface area contributed by atoms with Gasteiger partial charge in [0.25, 0.3) is 17.4 Å². The summed E-state index contributed by atoms with van der Waals surface area (Å²) in [4.78, 5) is 75.6. The van der Waals surface area contributed by atoms with E-state index in [0.717, 1.165) is 21.3 Å². The standard InChI is InChI=1S/C40H36N6O7/c1-3-41-37(49)29-17-18-33-30(21-29)44-38(53-33)35(48)31(20-26-12-6-4-7-13-26)43-34(47)23-46-36(28-16-10-11-25(2)19-28)42-22-32(39(46)50)45-40(51)52-24-27-14-8-5-9-15-27/h4-19,21-22,31H,3,20,23-24H2,1-2H3,(H,41,49)(H,43,47)(H,45,51). The Balaban J connectivity index is 1.28. The van der Waals surface area contributed by atoms with E-state index in [0.29, 0.717) is 28.8 Å². The molecule has 3 amide bonds. The highest BCUT2D eigenvalue weighted by Crippen LogP contribution is 2.21. The van der Waals surface area contributed by atoms with Crippen LogP contribution in [0.3, 0.4) is 0 Å². The smallest absolute Gasteiger partial charge is 0.412 e. The number of aromatic nitrogens is 3. The lowest BCUT2D eigenvalue weighted by atomic mass is 10.0. The topological polar surface area (TPSA) is 175 Å². The van der Waals surface area contributed by atoms with Gasteiger partial charge in [-0.15, -0.1) is 0 Å². The van der Waals surface area contributed by atoms with Crippen LogP contribution in [0.15, 0.2) is 119 Å². The zero-order chi connectivity index (χ0) is 37.3. The fourth-order valence-corrected chi connectivity index (χ4v) is 5.64. The summed E-state index contributed by atoms with van der Waals surface area (Å²) in [5.41, 5.74) is 2.98. The number of aryl methyl sites for hydroxylation is 1. The first-order valence-corrected chi connectivity index (χ1v) is 16.9. The maximum absolute atomic E-state index is 14.0. The van der Waals surface area contributed by atoms with Crippen LogP contribution in [0.5, 0.6) is 0 Å². The summed E-state index contributed by atoms with van der Waals surface area (Å²) in [5.74, 6) is -1.68. The Morgan fingerprint density at radius 2 is 1.62 bits per heavy atom. The third-order valence-corrected chi connectivity index (χ3v) is 8.21. The van der Waals surface area contributed by atoms with Gasteiger partial charge >= 0.3 is 6.09 Å². The lowest BCUT2D eigenvalue weighted by molar-refractivity contribution is -0.122. The molecule has 4 aromatic carbocycles. The zero-order valence-corrected chi connectivity index (χ0v) is 29.0. The number of benzene rings is 4. The average molecular weight is 713 g/mol.